The van der Waals surface area contributed by atoms with Gasteiger partial charge in [-0.05, 0) is 65.0 Å². The molecule has 0 aromatic heterocycles. The molecule has 0 radical (unpaired) electrons. The van der Waals surface area contributed by atoms with Crippen LogP contribution in [0.4, 0.5) is 18.0 Å². The van der Waals surface area contributed by atoms with E-state index in [1.807, 2.05) is 0 Å². The Morgan fingerprint density at radius 1 is 1.24 bits per heavy atom. The molecule has 1 aliphatic rings. The summed E-state index contributed by atoms with van der Waals surface area (Å²) in [5, 5.41) is 2.55. The monoisotopic (exact) mass is 482 g/mol. The minimum absolute atomic E-state index is 0.0184. The highest BCUT2D eigenvalue weighted by Crippen LogP contribution is 2.36. The summed E-state index contributed by atoms with van der Waals surface area (Å²) >= 11 is 0. The van der Waals surface area contributed by atoms with Crippen molar-refractivity contribution in [2.24, 2.45) is 0 Å². The fourth-order valence-electron chi connectivity index (χ4n) is 4.08. The van der Waals surface area contributed by atoms with Gasteiger partial charge in [0.1, 0.15) is 24.1 Å². The number of likely N-dealkylation sites (tertiary alicyclic amines) is 1. The van der Waals surface area contributed by atoms with Crippen LogP contribution in [0.1, 0.15) is 64.9 Å². The molecule has 1 heterocycles. The number of alkyl carbamates (subject to hydrolysis) is 1. The minimum atomic E-state index is -1.30. The summed E-state index contributed by atoms with van der Waals surface area (Å²) in [5.41, 5.74) is -0.950. The summed E-state index contributed by atoms with van der Waals surface area (Å²) in [7, 11) is 0. The first-order chi connectivity index (χ1) is 15.9. The Kier molecular flexibility index (Phi) is 9.80. The molecule has 3 unspecified atom stereocenters. The van der Waals surface area contributed by atoms with Gasteiger partial charge in [0, 0.05) is 31.2 Å². The fraction of sp³-hybridized carbons (Fsp3) is 0.600. The number of rotatable bonds is 9. The summed E-state index contributed by atoms with van der Waals surface area (Å²) in [6.45, 7) is 7.83. The predicted octanol–water partition coefficient (Wildman–Crippen LogP) is 4.52. The SMILES string of the molecule is C#CCOCCCCCN1C(=O)C(NC(=O)OC(C)(C)C)CC(c2cc(F)cc(F)c2F)C1C. The van der Waals surface area contributed by atoms with Crippen LogP contribution < -0.4 is 5.32 Å². The summed E-state index contributed by atoms with van der Waals surface area (Å²) < 4.78 is 53.0. The highest BCUT2D eigenvalue weighted by Gasteiger charge is 2.42. The standard InChI is InChI=1S/C25H33F3N2O4/c1-6-11-33-12-9-7-8-10-30-16(2)18(19-13-17(26)14-20(27)22(19)28)15-21(23(30)31)29-24(32)34-25(3,4)5/h1,13-14,16,18,21H,7-12,15H2,2-5H3,(H,29,32). The molecule has 34 heavy (non-hydrogen) atoms. The molecule has 3 atom stereocenters. The van der Waals surface area contributed by atoms with E-state index in [4.69, 9.17) is 15.9 Å². The molecule has 1 aromatic rings. The number of hydrogen-bond donors (Lipinski definition) is 1. The van der Waals surface area contributed by atoms with Crippen LogP contribution in [0.5, 0.6) is 0 Å². The Morgan fingerprint density at radius 3 is 2.59 bits per heavy atom. The molecule has 0 aliphatic carbocycles. The number of carbonyl (C=O) groups excluding carboxylic acids is 2. The van der Waals surface area contributed by atoms with E-state index in [0.29, 0.717) is 25.6 Å². The predicted molar refractivity (Wildman–Crippen MR) is 122 cm³/mol. The van der Waals surface area contributed by atoms with Gasteiger partial charge in [0.15, 0.2) is 11.6 Å². The van der Waals surface area contributed by atoms with Crippen LogP contribution in [0, 0.1) is 29.8 Å². The number of piperidine rings is 1. The van der Waals surface area contributed by atoms with Crippen molar-refractivity contribution >= 4 is 12.0 Å². The maximum Gasteiger partial charge on any atom is 0.408 e. The maximum atomic E-state index is 14.6. The van der Waals surface area contributed by atoms with E-state index >= 15 is 0 Å². The Morgan fingerprint density at radius 2 is 1.94 bits per heavy atom. The van der Waals surface area contributed by atoms with Gasteiger partial charge in [-0.15, -0.1) is 6.42 Å². The first kappa shape index (κ1) is 27.5. The molecule has 6 nitrogen and oxygen atoms in total. The number of unbranched alkanes of at least 4 members (excludes halogenated alkanes) is 2. The third-order valence-electron chi connectivity index (χ3n) is 5.63. The second kappa shape index (κ2) is 12.1. The minimum Gasteiger partial charge on any atom is -0.444 e. The quantitative estimate of drug-likeness (QED) is 0.319. The summed E-state index contributed by atoms with van der Waals surface area (Å²) in [6.07, 6.45) is 6.44. The van der Waals surface area contributed by atoms with Gasteiger partial charge in [-0.2, -0.15) is 0 Å². The molecule has 9 heteroatoms. The largest absolute Gasteiger partial charge is 0.444 e. The number of terminal acetylenes is 1. The van der Waals surface area contributed by atoms with E-state index < -0.39 is 47.1 Å². The summed E-state index contributed by atoms with van der Waals surface area (Å²) in [5.74, 6) is -2.06. The Hall–Kier alpha value is -2.73. The first-order valence-corrected chi connectivity index (χ1v) is 11.4. The third kappa shape index (κ3) is 7.66. The summed E-state index contributed by atoms with van der Waals surface area (Å²) in [6, 6.07) is -0.146. The Labute approximate surface area is 199 Å². The van der Waals surface area contributed by atoms with E-state index in [1.165, 1.54) is 4.90 Å². The number of hydrogen-bond acceptors (Lipinski definition) is 4. The maximum absolute atomic E-state index is 14.6. The number of nitrogens with one attached hydrogen (secondary N) is 1. The molecule has 0 bridgehead atoms. The number of amides is 2. The van der Waals surface area contributed by atoms with Crippen LogP contribution in [0.25, 0.3) is 0 Å². The molecule has 188 valence electrons. The molecule has 1 fully saturated rings. The molecule has 0 spiro atoms. The highest BCUT2D eigenvalue weighted by molar-refractivity contribution is 5.87. The topological polar surface area (TPSA) is 67.9 Å². The smallest absolute Gasteiger partial charge is 0.408 e. The lowest BCUT2D eigenvalue weighted by Crippen LogP contribution is -2.58. The van der Waals surface area contributed by atoms with Crippen molar-refractivity contribution in [2.75, 3.05) is 19.8 Å². The normalized spacial score (nSPS) is 20.7. The number of nitrogens with zero attached hydrogens (tertiary/aromatic N) is 1. The molecule has 1 aliphatic heterocycles. The van der Waals surface area contributed by atoms with Gasteiger partial charge in [0.2, 0.25) is 5.91 Å². The van der Waals surface area contributed by atoms with E-state index in [2.05, 4.69) is 11.2 Å². The zero-order chi connectivity index (χ0) is 25.5. The van der Waals surface area contributed by atoms with Crippen LogP contribution in [0.3, 0.4) is 0 Å². The lowest BCUT2D eigenvalue weighted by Gasteiger charge is -2.43. The molecule has 2 amide bonds. The van der Waals surface area contributed by atoms with Crippen LogP contribution in [-0.4, -0.2) is 54.3 Å². The molecule has 0 saturated carbocycles. The van der Waals surface area contributed by atoms with E-state index in [-0.39, 0.29) is 24.5 Å². The average molecular weight is 483 g/mol. The van der Waals surface area contributed by atoms with Crippen molar-refractivity contribution in [1.82, 2.24) is 10.2 Å². The number of halogens is 3. The first-order valence-electron chi connectivity index (χ1n) is 11.4. The zero-order valence-electron chi connectivity index (χ0n) is 20.1. The van der Waals surface area contributed by atoms with Crippen LogP contribution in [0.2, 0.25) is 0 Å². The van der Waals surface area contributed by atoms with Crippen molar-refractivity contribution in [3.05, 3.63) is 35.1 Å². The lowest BCUT2D eigenvalue weighted by atomic mass is 9.81. The summed E-state index contributed by atoms with van der Waals surface area (Å²) in [4.78, 5) is 27.1. The van der Waals surface area contributed by atoms with Crippen LogP contribution in [0.15, 0.2) is 12.1 Å². The van der Waals surface area contributed by atoms with E-state index in [9.17, 15) is 22.8 Å². The van der Waals surface area contributed by atoms with Crippen molar-refractivity contribution in [2.45, 2.75) is 77.0 Å². The second-order valence-corrected chi connectivity index (χ2v) is 9.42. The van der Waals surface area contributed by atoms with Gasteiger partial charge in [0.05, 0.1) is 0 Å². The molecule has 1 saturated heterocycles. The second-order valence-electron chi connectivity index (χ2n) is 9.42. The zero-order valence-corrected chi connectivity index (χ0v) is 20.1. The highest BCUT2D eigenvalue weighted by atomic mass is 19.2. The van der Waals surface area contributed by atoms with Gasteiger partial charge < -0.3 is 19.7 Å². The van der Waals surface area contributed by atoms with Gasteiger partial charge in [0.25, 0.3) is 0 Å². The van der Waals surface area contributed by atoms with Crippen molar-refractivity contribution < 1.29 is 32.2 Å². The fourth-order valence-corrected chi connectivity index (χ4v) is 4.08. The van der Waals surface area contributed by atoms with Crippen molar-refractivity contribution in [3.63, 3.8) is 0 Å². The van der Waals surface area contributed by atoms with Crippen LogP contribution >= 0.6 is 0 Å². The Bertz CT molecular complexity index is 911. The van der Waals surface area contributed by atoms with Crippen molar-refractivity contribution in [3.8, 4) is 12.3 Å². The van der Waals surface area contributed by atoms with Crippen molar-refractivity contribution in [1.29, 1.82) is 0 Å². The Balaban J connectivity index is 2.21. The molecule has 1 aromatic carbocycles. The molecular weight excluding hydrogens is 449 g/mol. The van der Waals surface area contributed by atoms with Gasteiger partial charge in [-0.3, -0.25) is 4.79 Å². The number of benzene rings is 1. The van der Waals surface area contributed by atoms with E-state index in [0.717, 1.165) is 18.9 Å². The van der Waals surface area contributed by atoms with Crippen LogP contribution in [-0.2, 0) is 14.3 Å². The van der Waals surface area contributed by atoms with Gasteiger partial charge >= 0.3 is 6.09 Å². The molecule has 2 rings (SSSR count). The lowest BCUT2D eigenvalue weighted by molar-refractivity contribution is -0.139. The molecular formula is C25H33F3N2O4. The third-order valence-corrected chi connectivity index (χ3v) is 5.63. The van der Waals surface area contributed by atoms with Gasteiger partial charge in [-0.1, -0.05) is 5.92 Å². The number of carbonyl (C=O) groups is 2. The van der Waals surface area contributed by atoms with Gasteiger partial charge in [-0.25, -0.2) is 18.0 Å². The molecule has 1 N–H and O–H groups in total. The average Bonchev–Trinajstić information content (AvgIpc) is 2.73. The number of ether oxygens (including phenoxy) is 2. The van der Waals surface area contributed by atoms with E-state index in [1.54, 1.807) is 27.7 Å².